The Morgan fingerprint density at radius 2 is 2.16 bits per heavy atom. The van der Waals surface area contributed by atoms with Gasteiger partial charge in [0.1, 0.15) is 6.10 Å². The van der Waals surface area contributed by atoms with Crippen molar-refractivity contribution in [3.05, 3.63) is 41.2 Å². The lowest BCUT2D eigenvalue weighted by Gasteiger charge is -2.39. The number of aliphatic hydroxyl groups is 1. The van der Waals surface area contributed by atoms with E-state index in [-0.39, 0.29) is 5.56 Å². The molecule has 1 aliphatic heterocycles. The molecule has 1 aromatic carbocycles. The number of rotatable bonds is 5. The van der Waals surface area contributed by atoms with E-state index in [9.17, 15) is 13.9 Å². The predicted molar refractivity (Wildman–Crippen MR) is 94.7 cm³/mol. The van der Waals surface area contributed by atoms with Crippen molar-refractivity contribution < 1.29 is 13.9 Å². The number of hydrogen-bond donors (Lipinski definition) is 2. The number of hydrogen-bond acceptors (Lipinski definition) is 3. The Balaban J connectivity index is 1.82. The van der Waals surface area contributed by atoms with Gasteiger partial charge in [-0.25, -0.2) is 8.78 Å². The fourth-order valence-electron chi connectivity index (χ4n) is 3.50. The average molecular weight is 370 g/mol. The lowest BCUT2D eigenvalue weighted by Crippen LogP contribution is -2.43. The van der Waals surface area contributed by atoms with E-state index in [0.717, 1.165) is 12.1 Å². The standard InChI is InChI=1S/C18H22ClF2N3O/c1-3-11(2)24-6-4-13(5-7-24)18(20,21)17(25)15-9-14(19)8-12-10-22-23-16(12)15/h8-10,13,17,25H,2-7H2,1H3,(H,22,23)/t17-/m1/s1. The Morgan fingerprint density at radius 1 is 1.48 bits per heavy atom. The van der Waals surface area contributed by atoms with Gasteiger partial charge >= 0.3 is 0 Å². The van der Waals surface area contributed by atoms with Gasteiger partial charge in [-0.3, -0.25) is 5.10 Å². The van der Waals surface area contributed by atoms with Crippen molar-refractivity contribution in [3.63, 3.8) is 0 Å². The van der Waals surface area contributed by atoms with Gasteiger partial charge < -0.3 is 10.0 Å². The largest absolute Gasteiger partial charge is 0.382 e. The first-order valence-electron chi connectivity index (χ1n) is 8.45. The minimum Gasteiger partial charge on any atom is -0.382 e. The number of likely N-dealkylation sites (tertiary alicyclic amines) is 1. The molecule has 0 unspecified atom stereocenters. The Kier molecular flexibility index (Phi) is 5.02. The second-order valence-electron chi connectivity index (χ2n) is 6.59. The van der Waals surface area contributed by atoms with Gasteiger partial charge in [-0.1, -0.05) is 25.1 Å². The highest BCUT2D eigenvalue weighted by Gasteiger charge is 2.48. The first kappa shape index (κ1) is 18.1. The smallest absolute Gasteiger partial charge is 0.280 e. The van der Waals surface area contributed by atoms with Crippen LogP contribution in [0.4, 0.5) is 8.78 Å². The number of alkyl halides is 2. The molecule has 1 aliphatic rings. The van der Waals surface area contributed by atoms with Gasteiger partial charge in [0, 0.05) is 40.7 Å². The number of benzene rings is 1. The van der Waals surface area contributed by atoms with Crippen LogP contribution in [0.2, 0.25) is 5.02 Å². The second-order valence-corrected chi connectivity index (χ2v) is 7.02. The molecule has 0 radical (unpaired) electrons. The number of aromatic amines is 1. The number of nitrogens with zero attached hydrogens (tertiary/aromatic N) is 2. The molecule has 2 N–H and O–H groups in total. The van der Waals surface area contributed by atoms with Gasteiger partial charge in [0.25, 0.3) is 5.92 Å². The highest BCUT2D eigenvalue weighted by molar-refractivity contribution is 6.31. The third-order valence-corrected chi connectivity index (χ3v) is 5.32. The van der Waals surface area contributed by atoms with Crippen LogP contribution >= 0.6 is 11.6 Å². The molecule has 0 saturated carbocycles. The van der Waals surface area contributed by atoms with Crippen LogP contribution in [0.5, 0.6) is 0 Å². The number of aromatic nitrogens is 2. The van der Waals surface area contributed by atoms with E-state index in [1.165, 1.54) is 12.3 Å². The lowest BCUT2D eigenvalue weighted by atomic mass is 9.84. The monoisotopic (exact) mass is 369 g/mol. The molecule has 25 heavy (non-hydrogen) atoms. The Morgan fingerprint density at radius 3 is 2.80 bits per heavy atom. The van der Waals surface area contributed by atoms with Gasteiger partial charge in [-0.2, -0.15) is 5.10 Å². The maximum Gasteiger partial charge on any atom is 0.280 e. The summed E-state index contributed by atoms with van der Waals surface area (Å²) in [5.74, 6) is -4.14. The molecule has 0 aliphatic carbocycles. The SMILES string of the molecule is C=C(CC)N1CCC(C(F)(F)[C@H](O)c2cc(Cl)cc3cn[nH]c23)CC1. The van der Waals surface area contributed by atoms with Crippen LogP contribution in [-0.4, -0.2) is 39.2 Å². The molecule has 0 bridgehead atoms. The molecular weight excluding hydrogens is 348 g/mol. The third-order valence-electron chi connectivity index (χ3n) is 5.10. The molecule has 4 nitrogen and oxygen atoms in total. The molecule has 1 fully saturated rings. The quantitative estimate of drug-likeness (QED) is 0.814. The number of halogens is 3. The summed E-state index contributed by atoms with van der Waals surface area (Å²) in [5, 5.41) is 17.9. The second kappa shape index (κ2) is 6.92. The molecule has 1 saturated heterocycles. The number of allylic oxidation sites excluding steroid dienone is 1. The molecule has 1 aromatic heterocycles. The highest BCUT2D eigenvalue weighted by Crippen LogP contribution is 2.44. The predicted octanol–water partition coefficient (Wildman–Crippen LogP) is 4.52. The molecule has 3 rings (SSSR count). The summed E-state index contributed by atoms with van der Waals surface area (Å²) in [6, 6.07) is 3.01. The number of aliphatic hydroxyl groups excluding tert-OH is 1. The maximum absolute atomic E-state index is 15.0. The molecule has 2 heterocycles. The van der Waals surface area contributed by atoms with E-state index >= 15 is 0 Å². The van der Waals surface area contributed by atoms with Crippen molar-refractivity contribution in [2.24, 2.45) is 5.92 Å². The van der Waals surface area contributed by atoms with E-state index in [4.69, 9.17) is 11.6 Å². The van der Waals surface area contributed by atoms with Crippen molar-refractivity contribution in [2.75, 3.05) is 13.1 Å². The van der Waals surface area contributed by atoms with E-state index in [2.05, 4.69) is 16.8 Å². The van der Waals surface area contributed by atoms with Crippen LogP contribution in [0.15, 0.2) is 30.6 Å². The maximum atomic E-state index is 15.0. The lowest BCUT2D eigenvalue weighted by molar-refractivity contribution is -0.159. The molecule has 7 heteroatoms. The first-order chi connectivity index (χ1) is 11.8. The summed E-state index contributed by atoms with van der Waals surface area (Å²) in [6.45, 7) is 7.04. The average Bonchev–Trinajstić information content (AvgIpc) is 3.08. The van der Waals surface area contributed by atoms with E-state index in [1.54, 1.807) is 6.07 Å². The van der Waals surface area contributed by atoms with Gasteiger partial charge in [-0.05, 0) is 31.4 Å². The van der Waals surface area contributed by atoms with Crippen molar-refractivity contribution in [2.45, 2.75) is 38.2 Å². The number of nitrogens with one attached hydrogen (secondary N) is 1. The Hall–Kier alpha value is -1.66. The summed E-state index contributed by atoms with van der Waals surface area (Å²) >= 11 is 6.02. The summed E-state index contributed by atoms with van der Waals surface area (Å²) in [6.07, 6.45) is 1.01. The van der Waals surface area contributed by atoms with E-state index in [0.29, 0.717) is 41.9 Å². The minimum absolute atomic E-state index is 0.0883. The number of H-pyrrole nitrogens is 1. The zero-order chi connectivity index (χ0) is 18.2. The molecule has 0 amide bonds. The van der Waals surface area contributed by atoms with Crippen LogP contribution in [-0.2, 0) is 0 Å². The fourth-order valence-corrected chi connectivity index (χ4v) is 3.73. The Bertz CT molecular complexity index is 769. The molecule has 2 aromatic rings. The molecular formula is C18H22ClF2N3O. The fraction of sp³-hybridized carbons (Fsp3) is 0.500. The van der Waals surface area contributed by atoms with E-state index in [1.807, 2.05) is 11.8 Å². The topological polar surface area (TPSA) is 52.1 Å². The van der Waals surface area contributed by atoms with Crippen LogP contribution < -0.4 is 0 Å². The zero-order valence-electron chi connectivity index (χ0n) is 14.1. The summed E-state index contributed by atoms with van der Waals surface area (Å²) in [5.41, 5.74) is 1.45. The molecule has 1 atom stereocenters. The van der Waals surface area contributed by atoms with Crippen molar-refractivity contribution in [3.8, 4) is 0 Å². The van der Waals surface area contributed by atoms with Crippen LogP contribution in [0.1, 0.15) is 37.9 Å². The number of fused-ring (bicyclic) bond motifs is 1. The third kappa shape index (κ3) is 3.37. The summed E-state index contributed by atoms with van der Waals surface area (Å²) in [4.78, 5) is 2.05. The highest BCUT2D eigenvalue weighted by atomic mass is 35.5. The van der Waals surface area contributed by atoms with E-state index < -0.39 is 17.9 Å². The van der Waals surface area contributed by atoms with Crippen LogP contribution in [0.3, 0.4) is 0 Å². The Labute approximate surface area is 150 Å². The van der Waals surface area contributed by atoms with Gasteiger partial charge in [-0.15, -0.1) is 0 Å². The molecule has 0 spiro atoms. The van der Waals surface area contributed by atoms with Crippen LogP contribution in [0.25, 0.3) is 10.9 Å². The zero-order valence-corrected chi connectivity index (χ0v) is 14.9. The van der Waals surface area contributed by atoms with Gasteiger partial charge in [0.05, 0.1) is 11.7 Å². The van der Waals surface area contributed by atoms with Crippen molar-refractivity contribution in [1.82, 2.24) is 15.1 Å². The normalized spacial score (nSPS) is 17.9. The number of piperidine rings is 1. The summed E-state index contributed by atoms with van der Waals surface area (Å²) < 4.78 is 30.0. The van der Waals surface area contributed by atoms with Gasteiger partial charge in [0.2, 0.25) is 0 Å². The van der Waals surface area contributed by atoms with Crippen LogP contribution in [0, 0.1) is 5.92 Å². The minimum atomic E-state index is -3.25. The van der Waals surface area contributed by atoms with Crippen molar-refractivity contribution >= 4 is 22.5 Å². The van der Waals surface area contributed by atoms with Crippen molar-refractivity contribution in [1.29, 1.82) is 0 Å². The summed E-state index contributed by atoms with van der Waals surface area (Å²) in [7, 11) is 0. The first-order valence-corrected chi connectivity index (χ1v) is 8.83. The molecule has 136 valence electrons. The van der Waals surface area contributed by atoms with Gasteiger partial charge in [0.15, 0.2) is 0 Å².